The number of hydrogen-bond donors (Lipinski definition) is 2. The number of hydrogen-bond acceptors (Lipinski definition) is 6. The van der Waals surface area contributed by atoms with Gasteiger partial charge in [-0.25, -0.2) is 9.97 Å². The molecule has 4 aromatic rings. The van der Waals surface area contributed by atoms with Gasteiger partial charge in [-0.2, -0.15) is 13.3 Å². The molecule has 0 radical (unpaired) electrons. The molecule has 178 valence electrons. The van der Waals surface area contributed by atoms with E-state index in [-0.39, 0.29) is 40.9 Å². The fourth-order valence-electron chi connectivity index (χ4n) is 3.30. The minimum absolute atomic E-state index is 0.113. The Kier molecular flexibility index (Phi) is 6.73. The van der Waals surface area contributed by atoms with E-state index in [1.54, 1.807) is 13.0 Å². The fraction of sp³-hybridized carbons (Fsp3) is 0.273. The van der Waals surface area contributed by atoms with Crippen molar-refractivity contribution in [2.45, 2.75) is 32.9 Å². The number of benzene rings is 2. The summed E-state index contributed by atoms with van der Waals surface area (Å²) in [5.41, 5.74) is 1.19. The van der Waals surface area contributed by atoms with Crippen LogP contribution in [0, 0.1) is 0 Å². The number of ether oxygens (including phenoxy) is 1. The van der Waals surface area contributed by atoms with Crippen molar-refractivity contribution >= 4 is 55.9 Å². The Labute approximate surface area is 208 Å². The highest BCUT2D eigenvalue weighted by Crippen LogP contribution is 2.34. The van der Waals surface area contributed by atoms with Crippen molar-refractivity contribution in [1.29, 1.82) is 0 Å². The van der Waals surface area contributed by atoms with E-state index in [9.17, 15) is 13.6 Å². The molecule has 0 saturated carbocycles. The van der Waals surface area contributed by atoms with Gasteiger partial charge in [-0.05, 0) is 59.6 Å². The molecule has 4 rings (SSSR count). The minimum atomic E-state index is -3.06. The number of carbonyl (C=O) groups is 1. The first-order valence-corrected chi connectivity index (χ1v) is 11.4. The summed E-state index contributed by atoms with van der Waals surface area (Å²) in [6.45, 7) is -0.793. The Bertz CT molecular complexity index is 1390. The molecule has 0 bridgehead atoms. The van der Waals surface area contributed by atoms with E-state index in [1.165, 1.54) is 22.7 Å². The Morgan fingerprint density at radius 1 is 1.32 bits per heavy atom. The summed E-state index contributed by atoms with van der Waals surface area (Å²) >= 11 is 9.46. The molecule has 2 aromatic carbocycles. The molecule has 0 aliphatic carbocycles. The lowest BCUT2D eigenvalue weighted by Gasteiger charge is -2.15. The monoisotopic (exact) mass is 553 g/mol. The van der Waals surface area contributed by atoms with Gasteiger partial charge in [0.1, 0.15) is 11.8 Å². The average molecular weight is 555 g/mol. The number of alkyl halides is 2. The van der Waals surface area contributed by atoms with Crippen molar-refractivity contribution in [2.75, 3.05) is 11.9 Å². The van der Waals surface area contributed by atoms with Crippen LogP contribution in [-0.2, 0) is 4.79 Å². The zero-order valence-electron chi connectivity index (χ0n) is 18.9. The van der Waals surface area contributed by atoms with Crippen LogP contribution in [0.2, 0.25) is 5.02 Å². The number of anilines is 1. The number of fused-ring (bicyclic) bond motifs is 3. The van der Waals surface area contributed by atoms with Crippen molar-refractivity contribution in [3.63, 3.8) is 0 Å². The van der Waals surface area contributed by atoms with E-state index in [2.05, 4.69) is 46.4 Å². The van der Waals surface area contributed by atoms with Crippen molar-refractivity contribution in [2.24, 2.45) is 0 Å². The standard InChI is InChI=1S/C22H20BrClF2N6O2/c1-3-9-27-20(33)11(2)28-22-29-17-14(5-4-6-15(17)23)19-30-18(31-32(19)22)13-8-7-12(24)10-16(13)34-21(25)26/h4-8,10-11,21H,3,9H2,1-2H3,(H,27,33)(H,28,29)/t11-/m0/s1/i1D. The summed E-state index contributed by atoms with van der Waals surface area (Å²) in [7, 11) is 0. The topological polar surface area (TPSA) is 93.4 Å². The number of halogens is 4. The highest BCUT2D eigenvalue weighted by atomic mass is 79.9. The number of rotatable bonds is 8. The largest absolute Gasteiger partial charge is 0.434 e. The van der Waals surface area contributed by atoms with Gasteiger partial charge >= 0.3 is 6.61 Å². The van der Waals surface area contributed by atoms with Crippen LogP contribution in [0.1, 0.15) is 21.6 Å². The van der Waals surface area contributed by atoms with Crippen molar-refractivity contribution in [3.05, 3.63) is 45.9 Å². The average Bonchev–Trinajstić information content (AvgIpc) is 3.25. The molecule has 2 heterocycles. The van der Waals surface area contributed by atoms with E-state index in [0.717, 1.165) is 0 Å². The molecule has 0 unspecified atom stereocenters. The van der Waals surface area contributed by atoms with Gasteiger partial charge in [0.2, 0.25) is 11.9 Å². The molecule has 34 heavy (non-hydrogen) atoms. The number of nitrogens with zero attached hydrogens (tertiary/aromatic N) is 4. The minimum Gasteiger partial charge on any atom is -0.434 e. The Morgan fingerprint density at radius 2 is 2.15 bits per heavy atom. The summed E-state index contributed by atoms with van der Waals surface area (Å²) in [5, 5.41) is 11.2. The van der Waals surface area contributed by atoms with E-state index >= 15 is 0 Å². The lowest BCUT2D eigenvalue weighted by molar-refractivity contribution is -0.121. The Balaban J connectivity index is 1.83. The maximum absolute atomic E-state index is 13.0. The maximum atomic E-state index is 13.0. The lowest BCUT2D eigenvalue weighted by atomic mass is 10.2. The van der Waals surface area contributed by atoms with Gasteiger partial charge in [-0.15, -0.1) is 5.10 Å². The van der Waals surface area contributed by atoms with E-state index in [0.29, 0.717) is 34.0 Å². The lowest BCUT2D eigenvalue weighted by Crippen LogP contribution is -2.38. The molecule has 12 heteroatoms. The summed E-state index contributed by atoms with van der Waals surface area (Å²) in [6.07, 6.45) is 0.542. The molecule has 0 fully saturated rings. The summed E-state index contributed by atoms with van der Waals surface area (Å²) in [5.74, 6) is -0.0986. The number of para-hydroxylation sites is 1. The molecule has 0 spiro atoms. The first-order chi connectivity index (χ1) is 16.8. The maximum Gasteiger partial charge on any atom is 0.387 e. The summed E-state index contributed by atoms with van der Waals surface area (Å²) in [4.78, 5) is 21.7. The number of nitrogens with one attached hydrogen (secondary N) is 2. The second-order valence-corrected chi connectivity index (χ2v) is 8.56. The highest BCUT2D eigenvalue weighted by Gasteiger charge is 2.21. The highest BCUT2D eigenvalue weighted by molar-refractivity contribution is 9.10. The second kappa shape index (κ2) is 10.1. The van der Waals surface area contributed by atoms with Crippen molar-refractivity contribution in [1.82, 2.24) is 24.9 Å². The predicted molar refractivity (Wildman–Crippen MR) is 129 cm³/mol. The molecule has 0 aliphatic rings. The van der Waals surface area contributed by atoms with Crippen molar-refractivity contribution < 1.29 is 19.7 Å². The van der Waals surface area contributed by atoms with Crippen molar-refractivity contribution in [3.8, 4) is 17.1 Å². The zero-order valence-corrected chi connectivity index (χ0v) is 20.2. The van der Waals surface area contributed by atoms with Gasteiger partial charge in [0.05, 0.1) is 11.1 Å². The van der Waals surface area contributed by atoms with Crippen LogP contribution in [0.3, 0.4) is 0 Å². The molecule has 1 amide bonds. The third kappa shape index (κ3) is 4.90. The summed E-state index contributed by atoms with van der Waals surface area (Å²) < 4.78 is 40.0. The van der Waals surface area contributed by atoms with Crippen LogP contribution in [-0.4, -0.2) is 44.7 Å². The molecule has 1 atom stereocenters. The molecule has 0 saturated heterocycles. The van der Waals surface area contributed by atoms with Gasteiger partial charge in [0, 0.05) is 22.8 Å². The van der Waals surface area contributed by atoms with Crippen LogP contribution in [0.4, 0.5) is 14.7 Å². The zero-order chi connectivity index (χ0) is 25.1. The molecular formula is C22H20BrClF2N6O2. The van der Waals surface area contributed by atoms with Gasteiger partial charge in [-0.3, -0.25) is 4.79 Å². The van der Waals surface area contributed by atoms with E-state index in [1.807, 2.05) is 12.1 Å². The van der Waals surface area contributed by atoms with Crippen LogP contribution in [0.25, 0.3) is 27.9 Å². The summed E-state index contributed by atoms with van der Waals surface area (Å²) in [6, 6.07) is 9.04. The number of aromatic nitrogens is 4. The second-order valence-electron chi connectivity index (χ2n) is 7.27. The Morgan fingerprint density at radius 3 is 2.91 bits per heavy atom. The first kappa shape index (κ1) is 22.7. The van der Waals surface area contributed by atoms with Gasteiger partial charge in [-0.1, -0.05) is 24.6 Å². The van der Waals surface area contributed by atoms with Gasteiger partial charge < -0.3 is 15.4 Å². The third-order valence-corrected chi connectivity index (χ3v) is 5.74. The number of carbonyl (C=O) groups excluding carboxylic acids is 1. The smallest absolute Gasteiger partial charge is 0.387 e. The fourth-order valence-corrected chi connectivity index (χ4v) is 3.92. The first-order valence-electron chi connectivity index (χ1n) is 10.9. The van der Waals surface area contributed by atoms with Crippen LogP contribution < -0.4 is 15.4 Å². The SMILES string of the molecule is [2H]CCCNC(=O)[C@H](C)Nc1nc2c(Br)cccc2c2nc(-c3ccc(Cl)cc3OC(F)F)nn12. The molecule has 2 aromatic heterocycles. The number of amides is 1. The molecule has 2 N–H and O–H groups in total. The van der Waals surface area contributed by atoms with Crippen LogP contribution >= 0.6 is 27.5 Å². The molecule has 0 aliphatic heterocycles. The molecular weight excluding hydrogens is 534 g/mol. The quantitative estimate of drug-likeness (QED) is 0.288. The van der Waals surface area contributed by atoms with Crippen LogP contribution in [0.15, 0.2) is 40.9 Å². The van der Waals surface area contributed by atoms with E-state index < -0.39 is 12.7 Å². The van der Waals surface area contributed by atoms with Crippen LogP contribution in [0.5, 0.6) is 5.75 Å². The van der Waals surface area contributed by atoms with E-state index in [4.69, 9.17) is 13.0 Å². The molecule has 8 nitrogen and oxygen atoms in total. The predicted octanol–water partition coefficient (Wildman–Crippen LogP) is 5.29. The Hall–Kier alpha value is -3.05. The third-order valence-electron chi connectivity index (χ3n) is 4.87. The van der Waals surface area contributed by atoms with Gasteiger partial charge in [0.15, 0.2) is 11.5 Å². The van der Waals surface area contributed by atoms with Gasteiger partial charge in [0.25, 0.3) is 0 Å². The normalized spacial score (nSPS) is 12.7.